The van der Waals surface area contributed by atoms with Crippen molar-refractivity contribution in [3.05, 3.63) is 83.1 Å². The van der Waals surface area contributed by atoms with E-state index in [1.54, 1.807) is 19.3 Å². The van der Waals surface area contributed by atoms with Crippen molar-refractivity contribution in [2.75, 3.05) is 20.2 Å². The van der Waals surface area contributed by atoms with Crippen LogP contribution in [0.15, 0.2) is 72.0 Å². The Bertz CT molecular complexity index is 1010. The highest BCUT2D eigenvalue weighted by Crippen LogP contribution is 2.19. The number of carbonyl (C=O) groups excluding carboxylic acids is 1. The second-order valence-electron chi connectivity index (χ2n) is 6.76. The largest absolute Gasteiger partial charge is 0.484 e. The summed E-state index contributed by atoms with van der Waals surface area (Å²) in [6.45, 7) is 0.950. The second-order valence-corrected chi connectivity index (χ2v) is 7.20. The fraction of sp³-hybridized carbons (Fsp3) is 0.227. The molecule has 0 radical (unpaired) electrons. The molecule has 0 aliphatic rings. The van der Waals surface area contributed by atoms with Crippen LogP contribution in [0.1, 0.15) is 17.2 Å². The van der Waals surface area contributed by atoms with Gasteiger partial charge in [0.25, 0.3) is 5.91 Å². The van der Waals surface area contributed by atoms with Gasteiger partial charge in [-0.2, -0.15) is 5.10 Å². The van der Waals surface area contributed by atoms with E-state index < -0.39 is 5.91 Å². The fourth-order valence-corrected chi connectivity index (χ4v) is 3.14. The molecule has 0 spiro atoms. The van der Waals surface area contributed by atoms with E-state index in [2.05, 4.69) is 20.7 Å². The second kappa shape index (κ2) is 11.0. The lowest BCUT2D eigenvalue weighted by molar-refractivity contribution is -0.119. The number of nitrogens with one attached hydrogen (secondary N) is 2. The smallest absolute Gasteiger partial charge is 0.255 e. The van der Waals surface area contributed by atoms with Gasteiger partial charge in [-0.25, -0.2) is 0 Å². The van der Waals surface area contributed by atoms with Gasteiger partial charge in [-0.05, 0) is 41.5 Å². The van der Waals surface area contributed by atoms with Crippen LogP contribution in [0.2, 0.25) is 5.02 Å². The number of guanidine groups is 1. The van der Waals surface area contributed by atoms with Crippen molar-refractivity contribution in [3.8, 4) is 5.75 Å². The number of nitrogens with zero attached hydrogens (tertiary/aromatic N) is 3. The fourth-order valence-electron chi connectivity index (χ4n) is 3.01. The minimum atomic E-state index is -0.513. The number of rotatable bonds is 9. The molecule has 0 saturated carbocycles. The maximum Gasteiger partial charge on any atom is 0.255 e. The number of benzene rings is 2. The number of aromatic nitrogens is 2. The average Bonchev–Trinajstić information content (AvgIpc) is 3.30. The molecule has 4 N–H and O–H groups in total. The standard InChI is InChI=1S/C22H25ClN6O2/c1-25-22(26-13-16-4-2-5-19(12-16)31-15-21(24)30)27-14-20(29-11-3-10-28-29)17-6-8-18(23)9-7-17/h2-12,20H,13-15H2,1H3,(H2,24,30)(H2,25,26,27). The molecule has 3 rings (SSSR count). The molecule has 3 aromatic rings. The van der Waals surface area contributed by atoms with Crippen LogP contribution in [0.4, 0.5) is 0 Å². The number of hydrogen-bond acceptors (Lipinski definition) is 4. The first kappa shape index (κ1) is 22.2. The zero-order valence-corrected chi connectivity index (χ0v) is 17.9. The molecular formula is C22H25ClN6O2. The summed E-state index contributed by atoms with van der Waals surface area (Å²) in [6.07, 6.45) is 3.68. The Morgan fingerprint density at radius 1 is 1.23 bits per heavy atom. The van der Waals surface area contributed by atoms with Crippen LogP contribution >= 0.6 is 11.6 Å². The van der Waals surface area contributed by atoms with Gasteiger partial charge in [0.2, 0.25) is 0 Å². The molecule has 0 fully saturated rings. The van der Waals surface area contributed by atoms with Gasteiger partial charge in [0.05, 0.1) is 6.04 Å². The highest BCUT2D eigenvalue weighted by molar-refractivity contribution is 6.30. The molecule has 0 saturated heterocycles. The zero-order chi connectivity index (χ0) is 22.1. The van der Waals surface area contributed by atoms with E-state index in [-0.39, 0.29) is 12.6 Å². The Labute approximate surface area is 186 Å². The molecule has 1 amide bonds. The summed E-state index contributed by atoms with van der Waals surface area (Å²) in [4.78, 5) is 15.2. The number of nitrogens with two attached hydrogens (primary N) is 1. The van der Waals surface area contributed by atoms with Crippen molar-refractivity contribution in [2.45, 2.75) is 12.6 Å². The van der Waals surface area contributed by atoms with Gasteiger partial charge >= 0.3 is 0 Å². The summed E-state index contributed by atoms with van der Waals surface area (Å²) < 4.78 is 7.24. The normalized spacial score (nSPS) is 12.3. The minimum Gasteiger partial charge on any atom is -0.484 e. The number of hydrogen-bond donors (Lipinski definition) is 3. The molecule has 0 aliphatic heterocycles. The van der Waals surface area contributed by atoms with E-state index in [1.165, 1.54) is 0 Å². The first-order chi connectivity index (χ1) is 15.0. The van der Waals surface area contributed by atoms with Crippen LogP contribution in [-0.4, -0.2) is 41.8 Å². The van der Waals surface area contributed by atoms with Crippen LogP contribution in [0.3, 0.4) is 0 Å². The van der Waals surface area contributed by atoms with Crippen LogP contribution in [0.25, 0.3) is 0 Å². The third kappa shape index (κ3) is 6.75. The van der Waals surface area contributed by atoms with Gasteiger partial charge in [0, 0.05) is 37.6 Å². The van der Waals surface area contributed by atoms with E-state index in [4.69, 9.17) is 22.1 Å². The number of carbonyl (C=O) groups is 1. The van der Waals surface area contributed by atoms with E-state index in [1.807, 2.05) is 59.4 Å². The van der Waals surface area contributed by atoms with Gasteiger partial charge in [-0.15, -0.1) is 0 Å². The lowest BCUT2D eigenvalue weighted by Gasteiger charge is -2.21. The van der Waals surface area contributed by atoms with Crippen LogP contribution in [0.5, 0.6) is 5.75 Å². The summed E-state index contributed by atoms with van der Waals surface area (Å²) in [5.41, 5.74) is 7.18. The molecule has 31 heavy (non-hydrogen) atoms. The summed E-state index contributed by atoms with van der Waals surface area (Å²) >= 11 is 6.04. The van der Waals surface area contributed by atoms with Crippen LogP contribution < -0.4 is 21.1 Å². The number of primary amides is 1. The topological polar surface area (TPSA) is 107 Å². The lowest BCUT2D eigenvalue weighted by atomic mass is 10.1. The van der Waals surface area contributed by atoms with Crippen molar-refractivity contribution >= 4 is 23.5 Å². The van der Waals surface area contributed by atoms with E-state index in [0.29, 0.717) is 29.8 Å². The first-order valence-corrected chi connectivity index (χ1v) is 10.1. The quantitative estimate of drug-likeness (QED) is 0.350. The number of aliphatic imine (C=N–C) groups is 1. The Hall–Kier alpha value is -3.52. The SMILES string of the molecule is CN=C(NCc1cccc(OCC(N)=O)c1)NCC(c1ccc(Cl)cc1)n1cccn1. The van der Waals surface area contributed by atoms with Gasteiger partial charge in [0.15, 0.2) is 12.6 Å². The molecule has 1 aromatic heterocycles. The van der Waals surface area contributed by atoms with Crippen LogP contribution in [0, 0.1) is 0 Å². The number of halogens is 1. The molecule has 1 heterocycles. The molecular weight excluding hydrogens is 416 g/mol. The summed E-state index contributed by atoms with van der Waals surface area (Å²) in [6, 6.07) is 17.0. The predicted octanol–water partition coefficient (Wildman–Crippen LogP) is 2.36. The molecule has 8 nitrogen and oxygen atoms in total. The highest BCUT2D eigenvalue weighted by atomic mass is 35.5. The minimum absolute atomic E-state index is 0.0312. The lowest BCUT2D eigenvalue weighted by Crippen LogP contribution is -2.40. The van der Waals surface area contributed by atoms with Crippen molar-refractivity contribution in [1.82, 2.24) is 20.4 Å². The number of amides is 1. The summed E-state index contributed by atoms with van der Waals surface area (Å²) in [7, 11) is 1.72. The number of ether oxygens (including phenoxy) is 1. The predicted molar refractivity (Wildman–Crippen MR) is 121 cm³/mol. The third-order valence-electron chi connectivity index (χ3n) is 4.52. The van der Waals surface area contributed by atoms with E-state index in [9.17, 15) is 4.79 Å². The molecule has 0 aliphatic carbocycles. The van der Waals surface area contributed by atoms with Gasteiger partial charge in [-0.3, -0.25) is 14.5 Å². The highest BCUT2D eigenvalue weighted by Gasteiger charge is 2.15. The Morgan fingerprint density at radius 3 is 2.71 bits per heavy atom. The maximum absolute atomic E-state index is 10.9. The van der Waals surface area contributed by atoms with Gasteiger partial charge in [0.1, 0.15) is 5.75 Å². The van der Waals surface area contributed by atoms with E-state index in [0.717, 1.165) is 11.1 Å². The van der Waals surface area contributed by atoms with Crippen molar-refractivity contribution in [3.63, 3.8) is 0 Å². The van der Waals surface area contributed by atoms with Crippen LogP contribution in [-0.2, 0) is 11.3 Å². The average molecular weight is 441 g/mol. The molecule has 0 bridgehead atoms. The Kier molecular flexibility index (Phi) is 7.89. The summed E-state index contributed by atoms with van der Waals surface area (Å²) in [5, 5.41) is 11.7. The zero-order valence-electron chi connectivity index (χ0n) is 17.2. The first-order valence-electron chi connectivity index (χ1n) is 9.74. The van der Waals surface area contributed by atoms with Gasteiger partial charge in [-0.1, -0.05) is 35.9 Å². The van der Waals surface area contributed by atoms with E-state index >= 15 is 0 Å². The molecule has 162 valence electrons. The summed E-state index contributed by atoms with van der Waals surface area (Å²) in [5.74, 6) is 0.720. The maximum atomic E-state index is 10.9. The third-order valence-corrected chi connectivity index (χ3v) is 4.78. The molecule has 1 atom stereocenters. The van der Waals surface area contributed by atoms with Crippen molar-refractivity contribution < 1.29 is 9.53 Å². The van der Waals surface area contributed by atoms with Crippen molar-refractivity contribution in [2.24, 2.45) is 10.7 Å². The van der Waals surface area contributed by atoms with Gasteiger partial charge < -0.3 is 21.1 Å². The monoisotopic (exact) mass is 440 g/mol. The molecule has 2 aromatic carbocycles. The Balaban J connectivity index is 1.60. The van der Waals surface area contributed by atoms with Crippen molar-refractivity contribution in [1.29, 1.82) is 0 Å². The Morgan fingerprint density at radius 2 is 2.03 bits per heavy atom. The molecule has 1 unspecified atom stereocenters. The molecule has 9 heteroatoms.